The number of fused-ring (bicyclic) bond motifs is 2. The second-order valence-electron chi connectivity index (χ2n) is 9.00. The van der Waals surface area contributed by atoms with E-state index < -0.39 is 22.0 Å². The van der Waals surface area contributed by atoms with E-state index in [1.165, 1.54) is 24.3 Å². The van der Waals surface area contributed by atoms with Crippen LogP contribution in [0.25, 0.3) is 11.0 Å². The quantitative estimate of drug-likeness (QED) is 0.375. The average Bonchev–Trinajstić information content (AvgIpc) is 3.23. The molecule has 1 aliphatic carbocycles. The number of aryl methyl sites for hydroxylation is 2. The molecule has 0 spiro atoms. The van der Waals surface area contributed by atoms with Crippen LogP contribution < -0.4 is 14.9 Å². The number of nitrogens with one attached hydrogen (secondary N) is 1. The molecule has 1 atom stereocenters. The summed E-state index contributed by atoms with van der Waals surface area (Å²) in [7, 11) is -3.96. The van der Waals surface area contributed by atoms with E-state index in [4.69, 9.17) is 20.8 Å². The summed E-state index contributed by atoms with van der Waals surface area (Å²) in [6.45, 7) is 5.60. The van der Waals surface area contributed by atoms with Crippen LogP contribution in [0.5, 0.6) is 5.75 Å². The number of benzene rings is 2. The maximum Gasteiger partial charge on any atom is 0.329 e. The minimum Gasteiger partial charge on any atom is -0.460 e. The molecule has 2 aromatic carbocycles. The van der Waals surface area contributed by atoms with Crippen LogP contribution in [0, 0.1) is 12.8 Å². The Labute approximate surface area is 203 Å². The first-order valence-electron chi connectivity index (χ1n) is 11.1. The van der Waals surface area contributed by atoms with Gasteiger partial charge in [-0.2, -0.15) is 4.72 Å². The summed E-state index contributed by atoms with van der Waals surface area (Å²) in [5.41, 5.74) is 1.73. The summed E-state index contributed by atoms with van der Waals surface area (Å²) in [5, 5.41) is 0.389. The van der Waals surface area contributed by atoms with Gasteiger partial charge in [-0.25, -0.2) is 13.2 Å². The van der Waals surface area contributed by atoms with Crippen molar-refractivity contribution >= 4 is 38.6 Å². The normalized spacial score (nSPS) is 14.4. The first kappa shape index (κ1) is 24.4. The highest BCUT2D eigenvalue weighted by molar-refractivity contribution is 7.89. The number of sulfonamides is 1. The number of halogens is 1. The van der Waals surface area contributed by atoms with Gasteiger partial charge in [-0.05, 0) is 50.3 Å². The SMILES string of the molecule is Cc1ccc(S(=O)(=O)NC(CC(C)C)C(=O)Oc2cc3oc4c(c(=O)c3cc2Cl)CCC4)cc1. The molecule has 3 aromatic rings. The Morgan fingerprint density at radius 1 is 1.18 bits per heavy atom. The molecular weight excluding hydrogens is 478 g/mol. The summed E-state index contributed by atoms with van der Waals surface area (Å²) < 4.78 is 39.6. The summed E-state index contributed by atoms with van der Waals surface area (Å²) in [6.07, 6.45) is 2.41. The number of esters is 1. The molecule has 0 aliphatic heterocycles. The zero-order chi connectivity index (χ0) is 24.6. The Morgan fingerprint density at radius 2 is 1.88 bits per heavy atom. The first-order valence-corrected chi connectivity index (χ1v) is 13.0. The van der Waals surface area contributed by atoms with Crippen molar-refractivity contribution in [3.8, 4) is 5.75 Å². The smallest absolute Gasteiger partial charge is 0.329 e. The van der Waals surface area contributed by atoms with Gasteiger partial charge < -0.3 is 9.15 Å². The van der Waals surface area contributed by atoms with Crippen molar-refractivity contribution in [2.45, 2.75) is 57.4 Å². The van der Waals surface area contributed by atoms with Gasteiger partial charge >= 0.3 is 5.97 Å². The van der Waals surface area contributed by atoms with E-state index in [1.807, 2.05) is 20.8 Å². The average molecular weight is 504 g/mol. The van der Waals surface area contributed by atoms with Crippen LogP contribution in [0.4, 0.5) is 0 Å². The minimum atomic E-state index is -3.96. The second kappa shape index (κ2) is 9.52. The van der Waals surface area contributed by atoms with Gasteiger partial charge in [0, 0.05) is 18.1 Å². The molecule has 180 valence electrons. The van der Waals surface area contributed by atoms with Crippen LogP contribution in [0.15, 0.2) is 50.5 Å². The molecule has 0 saturated carbocycles. The molecule has 1 aromatic heterocycles. The topological polar surface area (TPSA) is 103 Å². The molecular formula is C25H26ClNO6S. The highest BCUT2D eigenvalue weighted by Gasteiger charge is 2.29. The third kappa shape index (κ3) is 5.04. The number of hydrogen-bond donors (Lipinski definition) is 1. The minimum absolute atomic E-state index is 0.00329. The Morgan fingerprint density at radius 3 is 2.56 bits per heavy atom. The van der Waals surface area contributed by atoms with E-state index >= 15 is 0 Å². The molecule has 0 radical (unpaired) electrons. The molecule has 0 amide bonds. The number of carbonyl (C=O) groups is 1. The van der Waals surface area contributed by atoms with Gasteiger partial charge in [-0.3, -0.25) is 4.79 Å². The van der Waals surface area contributed by atoms with Crippen LogP contribution in [0.2, 0.25) is 5.02 Å². The number of ether oxygens (including phenoxy) is 1. The number of carbonyl (C=O) groups excluding carboxylic acids is 1. The molecule has 7 nitrogen and oxygen atoms in total. The van der Waals surface area contributed by atoms with Crippen LogP contribution in [0.1, 0.15) is 43.6 Å². The lowest BCUT2D eigenvalue weighted by atomic mass is 10.0. The van der Waals surface area contributed by atoms with Crippen molar-refractivity contribution in [2.75, 3.05) is 0 Å². The maximum atomic E-state index is 13.1. The molecule has 9 heteroatoms. The molecule has 1 unspecified atom stereocenters. The van der Waals surface area contributed by atoms with E-state index in [-0.39, 0.29) is 39.0 Å². The largest absolute Gasteiger partial charge is 0.460 e. The van der Waals surface area contributed by atoms with E-state index in [0.29, 0.717) is 29.6 Å². The van der Waals surface area contributed by atoms with Gasteiger partial charge in [0.25, 0.3) is 0 Å². The Kier molecular flexibility index (Phi) is 6.85. The lowest BCUT2D eigenvalue weighted by molar-refractivity contribution is -0.136. The van der Waals surface area contributed by atoms with E-state index in [0.717, 1.165) is 12.0 Å². The molecule has 34 heavy (non-hydrogen) atoms. The van der Waals surface area contributed by atoms with Crippen LogP contribution >= 0.6 is 11.6 Å². The zero-order valence-corrected chi connectivity index (χ0v) is 20.8. The number of hydrogen-bond acceptors (Lipinski definition) is 6. The van der Waals surface area contributed by atoms with Gasteiger partial charge in [-0.15, -0.1) is 0 Å². The predicted octanol–water partition coefficient (Wildman–Crippen LogP) is 4.54. The highest BCUT2D eigenvalue weighted by Crippen LogP contribution is 2.32. The van der Waals surface area contributed by atoms with Crippen molar-refractivity contribution in [3.63, 3.8) is 0 Å². The van der Waals surface area contributed by atoms with Gasteiger partial charge in [-0.1, -0.05) is 43.1 Å². The number of rotatable bonds is 7. The van der Waals surface area contributed by atoms with Crippen molar-refractivity contribution in [1.82, 2.24) is 4.72 Å². The standard InChI is InChI=1S/C25H26ClNO6S/c1-14(2)11-20(27-34(30,31)16-9-7-15(3)8-10-16)25(29)33-23-13-22-18(12-19(23)26)24(28)17-5-4-6-21(17)32-22/h7-10,12-14,20,27H,4-6,11H2,1-3H3. The van der Waals surface area contributed by atoms with Gasteiger partial charge in [0.05, 0.1) is 15.3 Å². The highest BCUT2D eigenvalue weighted by atomic mass is 35.5. The van der Waals surface area contributed by atoms with Crippen molar-refractivity contribution in [2.24, 2.45) is 5.92 Å². The molecule has 0 bridgehead atoms. The van der Waals surface area contributed by atoms with Gasteiger partial charge in [0.15, 0.2) is 11.2 Å². The van der Waals surface area contributed by atoms with Crippen LogP contribution in [-0.4, -0.2) is 20.4 Å². The Hall–Kier alpha value is -2.68. The Bertz CT molecular complexity index is 1410. The lowest BCUT2D eigenvalue weighted by Gasteiger charge is -2.20. The van der Waals surface area contributed by atoms with Crippen molar-refractivity contribution in [1.29, 1.82) is 0 Å². The van der Waals surface area contributed by atoms with Crippen molar-refractivity contribution in [3.05, 3.63) is 68.5 Å². The Balaban J connectivity index is 1.62. The van der Waals surface area contributed by atoms with E-state index in [2.05, 4.69) is 4.72 Å². The summed E-state index contributed by atoms with van der Waals surface area (Å²) in [6, 6.07) is 8.04. The molecule has 4 rings (SSSR count). The zero-order valence-electron chi connectivity index (χ0n) is 19.2. The molecule has 1 aliphatic rings. The molecule has 0 fully saturated rings. The summed E-state index contributed by atoms with van der Waals surface area (Å²) in [4.78, 5) is 25.9. The monoisotopic (exact) mass is 503 g/mol. The molecule has 1 N–H and O–H groups in total. The fourth-order valence-electron chi connectivity index (χ4n) is 4.06. The lowest BCUT2D eigenvalue weighted by Crippen LogP contribution is -2.43. The third-order valence-electron chi connectivity index (χ3n) is 5.78. The van der Waals surface area contributed by atoms with Crippen LogP contribution in [-0.2, 0) is 27.7 Å². The first-order chi connectivity index (χ1) is 16.0. The van der Waals surface area contributed by atoms with E-state index in [1.54, 1.807) is 12.1 Å². The maximum absolute atomic E-state index is 13.1. The van der Waals surface area contributed by atoms with Crippen LogP contribution in [0.3, 0.4) is 0 Å². The third-order valence-corrected chi connectivity index (χ3v) is 7.57. The fraction of sp³-hybridized carbons (Fsp3) is 0.360. The van der Waals surface area contributed by atoms with Gasteiger partial charge in [0.2, 0.25) is 10.0 Å². The summed E-state index contributed by atoms with van der Waals surface area (Å²) in [5.74, 6) is -0.149. The van der Waals surface area contributed by atoms with Crippen molar-refractivity contribution < 1.29 is 22.4 Å². The predicted molar refractivity (Wildman–Crippen MR) is 130 cm³/mol. The molecule has 0 saturated heterocycles. The summed E-state index contributed by atoms with van der Waals surface area (Å²) >= 11 is 6.33. The molecule has 1 heterocycles. The fourth-order valence-corrected chi connectivity index (χ4v) is 5.45. The van der Waals surface area contributed by atoms with Gasteiger partial charge in [0.1, 0.15) is 17.4 Å². The second-order valence-corrected chi connectivity index (χ2v) is 11.1. The van der Waals surface area contributed by atoms with E-state index in [9.17, 15) is 18.0 Å².